The van der Waals surface area contributed by atoms with Crippen molar-refractivity contribution < 1.29 is 4.79 Å². The lowest BCUT2D eigenvalue weighted by atomic mass is 10.0. The number of anilines is 1. The zero-order valence-electron chi connectivity index (χ0n) is 11.9. The van der Waals surface area contributed by atoms with Gasteiger partial charge in [0, 0.05) is 18.8 Å². The van der Waals surface area contributed by atoms with Crippen LogP contribution in [0.1, 0.15) is 44.0 Å². The first kappa shape index (κ1) is 15.8. The Balaban J connectivity index is 2.96. The molecule has 1 aromatic rings. The van der Waals surface area contributed by atoms with Gasteiger partial charge in [0.25, 0.3) is 5.91 Å². The zero-order chi connectivity index (χ0) is 14.4. The molecule has 106 valence electrons. The largest absolute Gasteiger partial charge is 0.398 e. The van der Waals surface area contributed by atoms with Crippen LogP contribution < -0.4 is 5.73 Å². The minimum Gasteiger partial charge on any atom is -0.398 e. The van der Waals surface area contributed by atoms with E-state index in [1.807, 2.05) is 11.8 Å². The van der Waals surface area contributed by atoms with Gasteiger partial charge in [0.05, 0.1) is 10.6 Å². The number of nitrogens with zero attached hydrogens (tertiary/aromatic N) is 1. The Hall–Kier alpha value is -1.22. The topological polar surface area (TPSA) is 46.3 Å². The minimum atomic E-state index is -0.0718. The number of amides is 1. The summed E-state index contributed by atoms with van der Waals surface area (Å²) in [6, 6.07) is 5.17. The molecule has 4 heteroatoms. The average Bonchev–Trinajstić information content (AvgIpc) is 2.40. The third-order valence-corrected chi connectivity index (χ3v) is 3.88. The van der Waals surface area contributed by atoms with Crippen LogP contribution in [-0.2, 0) is 0 Å². The molecule has 0 saturated carbocycles. The van der Waals surface area contributed by atoms with E-state index < -0.39 is 0 Å². The molecule has 0 aliphatic heterocycles. The van der Waals surface area contributed by atoms with Crippen LogP contribution in [0.2, 0.25) is 5.02 Å². The molecule has 0 aliphatic rings. The molecule has 0 spiro atoms. The molecule has 0 aliphatic carbocycles. The van der Waals surface area contributed by atoms with Crippen LogP contribution in [-0.4, -0.2) is 23.9 Å². The molecule has 1 amide bonds. The van der Waals surface area contributed by atoms with Crippen molar-refractivity contribution in [1.29, 1.82) is 0 Å². The van der Waals surface area contributed by atoms with Gasteiger partial charge >= 0.3 is 0 Å². The molecule has 0 unspecified atom stereocenters. The van der Waals surface area contributed by atoms with Gasteiger partial charge in [-0.2, -0.15) is 0 Å². The minimum absolute atomic E-state index is 0.0718. The summed E-state index contributed by atoms with van der Waals surface area (Å²) in [7, 11) is 0. The van der Waals surface area contributed by atoms with Crippen molar-refractivity contribution in [2.75, 3.05) is 18.8 Å². The van der Waals surface area contributed by atoms with Crippen molar-refractivity contribution in [2.45, 2.75) is 33.6 Å². The summed E-state index contributed by atoms with van der Waals surface area (Å²) in [6.07, 6.45) is 2.14. The van der Waals surface area contributed by atoms with Gasteiger partial charge in [-0.25, -0.2) is 0 Å². The molecule has 0 aromatic heterocycles. The van der Waals surface area contributed by atoms with Crippen molar-refractivity contribution in [3.8, 4) is 0 Å². The highest BCUT2D eigenvalue weighted by Gasteiger charge is 2.21. The van der Waals surface area contributed by atoms with E-state index in [1.54, 1.807) is 18.2 Å². The van der Waals surface area contributed by atoms with Gasteiger partial charge in [-0.1, -0.05) is 44.4 Å². The van der Waals surface area contributed by atoms with E-state index in [9.17, 15) is 4.79 Å². The lowest BCUT2D eigenvalue weighted by Crippen LogP contribution is -2.35. The van der Waals surface area contributed by atoms with Crippen molar-refractivity contribution in [2.24, 2.45) is 5.92 Å². The fraction of sp³-hybridized carbons (Fsp3) is 0.533. The zero-order valence-corrected chi connectivity index (χ0v) is 12.7. The van der Waals surface area contributed by atoms with Crippen molar-refractivity contribution in [3.05, 3.63) is 28.8 Å². The number of hydrogen-bond donors (Lipinski definition) is 1. The molecule has 0 bridgehead atoms. The number of nitrogen functional groups attached to an aromatic ring is 1. The number of carbonyl (C=O) groups is 1. The number of carbonyl (C=O) groups excluding carboxylic acids is 1. The second-order valence-electron chi connectivity index (χ2n) is 4.73. The van der Waals surface area contributed by atoms with Gasteiger partial charge in [-0.15, -0.1) is 0 Å². The smallest absolute Gasteiger partial charge is 0.257 e. The van der Waals surface area contributed by atoms with Crippen LogP contribution in [0.4, 0.5) is 5.69 Å². The van der Waals surface area contributed by atoms with E-state index >= 15 is 0 Å². The van der Waals surface area contributed by atoms with Gasteiger partial charge in [-0.3, -0.25) is 4.79 Å². The normalized spacial score (nSPS) is 10.8. The summed E-state index contributed by atoms with van der Waals surface area (Å²) in [5, 5.41) is 0.424. The molecule has 19 heavy (non-hydrogen) atoms. The molecular formula is C15H23ClN2O. The van der Waals surface area contributed by atoms with Crippen molar-refractivity contribution in [1.82, 2.24) is 4.90 Å². The summed E-state index contributed by atoms with van der Waals surface area (Å²) in [4.78, 5) is 14.4. The molecule has 1 aromatic carbocycles. The van der Waals surface area contributed by atoms with Crippen LogP contribution in [0.5, 0.6) is 0 Å². The standard InChI is InChI=1S/C15H23ClN2O/c1-4-11(5-2)10-18(6-3)15(19)14-12(16)8-7-9-13(14)17/h7-9,11H,4-6,10,17H2,1-3H3. The third-order valence-electron chi connectivity index (χ3n) is 3.56. The highest BCUT2D eigenvalue weighted by Crippen LogP contribution is 2.24. The van der Waals surface area contributed by atoms with Gasteiger partial charge in [-0.05, 0) is 25.0 Å². The lowest BCUT2D eigenvalue weighted by Gasteiger charge is -2.26. The average molecular weight is 283 g/mol. The summed E-state index contributed by atoms with van der Waals surface area (Å²) in [6.45, 7) is 7.70. The molecule has 0 fully saturated rings. The van der Waals surface area contributed by atoms with Gasteiger partial charge in [0.15, 0.2) is 0 Å². The number of halogens is 1. The molecule has 3 nitrogen and oxygen atoms in total. The van der Waals surface area contributed by atoms with E-state index in [-0.39, 0.29) is 5.91 Å². The maximum atomic E-state index is 12.5. The highest BCUT2D eigenvalue weighted by molar-refractivity contribution is 6.34. The SMILES string of the molecule is CCC(CC)CN(CC)C(=O)c1c(N)cccc1Cl. The Morgan fingerprint density at radius 3 is 2.42 bits per heavy atom. The number of rotatable bonds is 6. The fourth-order valence-corrected chi connectivity index (χ4v) is 2.40. The summed E-state index contributed by atoms with van der Waals surface area (Å²) < 4.78 is 0. The lowest BCUT2D eigenvalue weighted by molar-refractivity contribution is 0.0736. The maximum absolute atomic E-state index is 12.5. The monoisotopic (exact) mass is 282 g/mol. The van der Waals surface area contributed by atoms with Gasteiger partial charge in [0.2, 0.25) is 0 Å². The third kappa shape index (κ3) is 3.87. The van der Waals surface area contributed by atoms with Crippen LogP contribution >= 0.6 is 11.6 Å². The van der Waals surface area contributed by atoms with Crippen LogP contribution in [0.3, 0.4) is 0 Å². The Morgan fingerprint density at radius 1 is 1.32 bits per heavy atom. The Bertz CT molecular complexity index is 410. The quantitative estimate of drug-likeness (QED) is 0.806. The van der Waals surface area contributed by atoms with E-state index in [0.717, 1.165) is 19.4 Å². The fourth-order valence-electron chi connectivity index (χ4n) is 2.14. The summed E-state index contributed by atoms with van der Waals surface area (Å²) >= 11 is 6.10. The molecule has 0 saturated heterocycles. The van der Waals surface area contributed by atoms with E-state index in [1.165, 1.54) is 0 Å². The second kappa shape index (κ2) is 7.39. The van der Waals surface area contributed by atoms with E-state index in [0.29, 0.717) is 28.7 Å². The Morgan fingerprint density at radius 2 is 1.95 bits per heavy atom. The molecule has 0 radical (unpaired) electrons. The number of hydrogen-bond acceptors (Lipinski definition) is 2. The Labute approximate surface area is 120 Å². The van der Waals surface area contributed by atoms with Crippen molar-refractivity contribution >= 4 is 23.2 Å². The maximum Gasteiger partial charge on any atom is 0.257 e. The predicted molar refractivity (Wildman–Crippen MR) is 81.5 cm³/mol. The van der Waals surface area contributed by atoms with Crippen LogP contribution in [0, 0.1) is 5.92 Å². The first-order valence-corrected chi connectivity index (χ1v) is 7.26. The molecule has 1 rings (SSSR count). The van der Waals surface area contributed by atoms with Crippen LogP contribution in [0.15, 0.2) is 18.2 Å². The van der Waals surface area contributed by atoms with Gasteiger partial charge in [0.1, 0.15) is 0 Å². The molecule has 0 heterocycles. The number of nitrogens with two attached hydrogens (primary N) is 1. The van der Waals surface area contributed by atoms with Gasteiger partial charge < -0.3 is 10.6 Å². The predicted octanol–water partition coefficient (Wildman–Crippen LogP) is 3.82. The highest BCUT2D eigenvalue weighted by atomic mass is 35.5. The molecular weight excluding hydrogens is 260 g/mol. The summed E-state index contributed by atoms with van der Waals surface area (Å²) in [5.41, 5.74) is 6.75. The number of benzene rings is 1. The van der Waals surface area contributed by atoms with E-state index in [4.69, 9.17) is 17.3 Å². The first-order valence-electron chi connectivity index (χ1n) is 6.88. The summed E-state index contributed by atoms with van der Waals surface area (Å²) in [5.74, 6) is 0.449. The molecule has 0 atom stereocenters. The van der Waals surface area contributed by atoms with E-state index in [2.05, 4.69) is 13.8 Å². The second-order valence-corrected chi connectivity index (χ2v) is 5.14. The van der Waals surface area contributed by atoms with Crippen LogP contribution in [0.25, 0.3) is 0 Å². The van der Waals surface area contributed by atoms with Crippen molar-refractivity contribution in [3.63, 3.8) is 0 Å². The molecule has 2 N–H and O–H groups in total. The first-order chi connectivity index (χ1) is 9.04. The Kier molecular flexibility index (Phi) is 6.16.